The number of amides is 1. The highest BCUT2D eigenvalue weighted by Crippen LogP contribution is 2.19. The number of hydrogen-bond donors (Lipinski definition) is 1. The van der Waals surface area contributed by atoms with Crippen LogP contribution in [0.3, 0.4) is 0 Å². The van der Waals surface area contributed by atoms with Gasteiger partial charge in [0.05, 0.1) is 25.9 Å². The average Bonchev–Trinajstić information content (AvgIpc) is 3.08. The first-order valence-corrected chi connectivity index (χ1v) is 8.47. The van der Waals surface area contributed by atoms with Crippen LogP contribution in [0.25, 0.3) is 0 Å². The number of rotatable bonds is 5. The predicted molar refractivity (Wildman–Crippen MR) is 89.4 cm³/mol. The summed E-state index contributed by atoms with van der Waals surface area (Å²) in [6, 6.07) is 0.395. The zero-order valence-electron chi connectivity index (χ0n) is 15.0. The van der Waals surface area contributed by atoms with Gasteiger partial charge in [-0.05, 0) is 18.1 Å². The number of fused-ring (bicyclic) bond motifs is 1. The van der Waals surface area contributed by atoms with E-state index in [9.17, 15) is 22.8 Å². The molecular weight excluding hydrogens is 379 g/mol. The second-order valence-corrected chi connectivity index (χ2v) is 6.44. The minimum absolute atomic E-state index is 0.0353. The molecule has 2 heterocycles. The summed E-state index contributed by atoms with van der Waals surface area (Å²) in [5, 5.41) is 7.63. The number of nitrogens with two attached hydrogens (primary N) is 1. The van der Waals surface area contributed by atoms with Crippen molar-refractivity contribution in [3.8, 4) is 0 Å². The number of ether oxygens (including phenoxy) is 1. The Labute approximate surface area is 158 Å². The number of methoxy groups -OCH3 is 1. The molecule has 1 amide bonds. The van der Waals surface area contributed by atoms with E-state index < -0.39 is 29.5 Å². The van der Waals surface area contributed by atoms with Crippen molar-refractivity contribution >= 4 is 11.9 Å². The smallest absolute Gasteiger partial charge is 0.360 e. The maximum atomic E-state index is 13.7. The molecule has 0 spiro atoms. The lowest BCUT2D eigenvalue weighted by Gasteiger charge is -2.28. The van der Waals surface area contributed by atoms with E-state index in [1.807, 2.05) is 0 Å². The van der Waals surface area contributed by atoms with Crippen molar-refractivity contribution < 1.29 is 27.5 Å². The van der Waals surface area contributed by atoms with E-state index >= 15 is 0 Å². The fraction of sp³-hybridized carbons (Fsp3) is 0.412. The fourth-order valence-electron chi connectivity index (χ4n) is 3.04. The number of hydrogen-bond acceptors (Lipinski definition) is 6. The van der Waals surface area contributed by atoms with E-state index in [2.05, 4.69) is 15.0 Å². The predicted octanol–water partition coefficient (Wildman–Crippen LogP) is 0.784. The van der Waals surface area contributed by atoms with Gasteiger partial charge in [0.1, 0.15) is 5.82 Å². The van der Waals surface area contributed by atoms with Crippen LogP contribution in [0, 0.1) is 17.5 Å². The van der Waals surface area contributed by atoms with Crippen molar-refractivity contribution in [1.29, 1.82) is 0 Å². The summed E-state index contributed by atoms with van der Waals surface area (Å²) in [7, 11) is 1.22. The first-order valence-electron chi connectivity index (χ1n) is 8.47. The van der Waals surface area contributed by atoms with Gasteiger partial charge in [-0.15, -0.1) is 5.10 Å². The lowest BCUT2D eigenvalue weighted by molar-refractivity contribution is -0.133. The summed E-state index contributed by atoms with van der Waals surface area (Å²) < 4.78 is 46.2. The Morgan fingerprint density at radius 2 is 1.93 bits per heavy atom. The Bertz CT molecular complexity index is 918. The molecule has 11 heteroatoms. The zero-order valence-corrected chi connectivity index (χ0v) is 15.0. The topological polar surface area (TPSA) is 103 Å². The van der Waals surface area contributed by atoms with Gasteiger partial charge >= 0.3 is 5.97 Å². The summed E-state index contributed by atoms with van der Waals surface area (Å²) >= 11 is 0. The van der Waals surface area contributed by atoms with Crippen LogP contribution in [0.5, 0.6) is 0 Å². The molecule has 1 aliphatic rings. The van der Waals surface area contributed by atoms with Crippen molar-refractivity contribution in [2.45, 2.75) is 32.0 Å². The zero-order chi connectivity index (χ0) is 20.4. The van der Waals surface area contributed by atoms with E-state index in [0.29, 0.717) is 24.8 Å². The van der Waals surface area contributed by atoms with Crippen molar-refractivity contribution in [3.63, 3.8) is 0 Å². The Morgan fingerprint density at radius 1 is 1.21 bits per heavy atom. The standard InChI is InChI=1S/C17H18F3N5O3/c1-28-17(27)16-14-8-24(2-3-25(14)23-22-16)15(26)6-10(21)4-9-5-12(19)13(20)7-11(9)18/h5,7,10H,2-4,6,8,21H2,1H3/t10-/m1/s1. The molecule has 150 valence electrons. The highest BCUT2D eigenvalue weighted by Gasteiger charge is 2.29. The number of benzene rings is 1. The maximum Gasteiger partial charge on any atom is 0.360 e. The van der Waals surface area contributed by atoms with Crippen LogP contribution in [0.15, 0.2) is 12.1 Å². The number of carbonyl (C=O) groups is 2. The summed E-state index contributed by atoms with van der Waals surface area (Å²) in [5.41, 5.74) is 6.29. The molecule has 0 saturated heterocycles. The molecule has 2 aromatic rings. The minimum Gasteiger partial charge on any atom is -0.464 e. The number of aromatic nitrogens is 3. The molecule has 8 nitrogen and oxygen atoms in total. The number of esters is 1. The average molecular weight is 397 g/mol. The summed E-state index contributed by atoms with van der Waals surface area (Å²) in [5.74, 6) is -4.36. The van der Waals surface area contributed by atoms with Crippen LogP contribution in [0.4, 0.5) is 13.2 Å². The highest BCUT2D eigenvalue weighted by atomic mass is 19.2. The fourth-order valence-corrected chi connectivity index (χ4v) is 3.04. The molecule has 0 saturated carbocycles. The van der Waals surface area contributed by atoms with Crippen molar-refractivity contribution in [2.75, 3.05) is 13.7 Å². The number of nitrogens with zero attached hydrogens (tertiary/aromatic N) is 4. The van der Waals surface area contributed by atoms with Gasteiger partial charge in [0.15, 0.2) is 17.3 Å². The Hall–Kier alpha value is -2.95. The Balaban J connectivity index is 1.65. The Kier molecular flexibility index (Phi) is 5.63. The first-order chi connectivity index (χ1) is 13.3. The second-order valence-electron chi connectivity index (χ2n) is 6.44. The lowest BCUT2D eigenvalue weighted by Crippen LogP contribution is -2.41. The van der Waals surface area contributed by atoms with Crippen LogP contribution >= 0.6 is 0 Å². The van der Waals surface area contributed by atoms with E-state index in [1.165, 1.54) is 16.7 Å². The SMILES string of the molecule is COC(=O)c1nnn2c1CN(C(=O)C[C@H](N)Cc1cc(F)c(F)cc1F)CC2. The van der Waals surface area contributed by atoms with E-state index in [0.717, 1.165) is 6.07 Å². The van der Waals surface area contributed by atoms with Crippen LogP contribution < -0.4 is 5.73 Å². The van der Waals surface area contributed by atoms with Gasteiger partial charge in [0, 0.05) is 25.1 Å². The monoisotopic (exact) mass is 397 g/mol. The van der Waals surface area contributed by atoms with Crippen LogP contribution in [-0.4, -0.2) is 51.5 Å². The van der Waals surface area contributed by atoms with E-state index in [1.54, 1.807) is 0 Å². The molecule has 1 aliphatic heterocycles. The molecule has 28 heavy (non-hydrogen) atoms. The molecule has 1 atom stereocenters. The summed E-state index contributed by atoms with van der Waals surface area (Å²) in [6.07, 6.45) is -0.261. The van der Waals surface area contributed by atoms with E-state index in [-0.39, 0.29) is 36.6 Å². The van der Waals surface area contributed by atoms with Gasteiger partial charge < -0.3 is 15.4 Å². The van der Waals surface area contributed by atoms with Crippen LogP contribution in [0.1, 0.15) is 28.2 Å². The van der Waals surface area contributed by atoms with Gasteiger partial charge in [-0.3, -0.25) is 4.79 Å². The molecule has 1 aromatic carbocycles. The lowest BCUT2D eigenvalue weighted by atomic mass is 10.0. The van der Waals surface area contributed by atoms with Crippen molar-refractivity contribution in [3.05, 3.63) is 46.5 Å². The third-order valence-electron chi connectivity index (χ3n) is 4.50. The number of carbonyl (C=O) groups excluding carboxylic acids is 2. The first kappa shape index (κ1) is 19.8. The molecule has 0 unspecified atom stereocenters. The second kappa shape index (κ2) is 7.97. The quantitative estimate of drug-likeness (QED) is 0.591. The highest BCUT2D eigenvalue weighted by molar-refractivity contribution is 5.88. The van der Waals surface area contributed by atoms with Crippen LogP contribution in [0.2, 0.25) is 0 Å². The van der Waals surface area contributed by atoms with E-state index in [4.69, 9.17) is 5.73 Å². The molecule has 0 radical (unpaired) electrons. The molecule has 2 N–H and O–H groups in total. The molecule has 3 rings (SSSR count). The third kappa shape index (κ3) is 3.98. The largest absolute Gasteiger partial charge is 0.464 e. The number of halogens is 3. The summed E-state index contributed by atoms with van der Waals surface area (Å²) in [6.45, 7) is 0.780. The maximum absolute atomic E-state index is 13.7. The van der Waals surface area contributed by atoms with Gasteiger partial charge in [-0.2, -0.15) is 0 Å². The molecule has 0 bridgehead atoms. The summed E-state index contributed by atoms with van der Waals surface area (Å²) in [4.78, 5) is 25.8. The molecule has 1 aromatic heterocycles. The normalized spacial score (nSPS) is 14.5. The minimum atomic E-state index is -1.29. The third-order valence-corrected chi connectivity index (χ3v) is 4.50. The Morgan fingerprint density at radius 3 is 2.64 bits per heavy atom. The van der Waals surface area contributed by atoms with Gasteiger partial charge in [-0.25, -0.2) is 22.6 Å². The van der Waals surface area contributed by atoms with Crippen molar-refractivity contribution in [1.82, 2.24) is 19.9 Å². The van der Waals surface area contributed by atoms with Crippen LogP contribution in [-0.2, 0) is 29.0 Å². The molecular formula is C17H18F3N5O3. The van der Waals surface area contributed by atoms with Crippen molar-refractivity contribution in [2.24, 2.45) is 5.73 Å². The molecule has 0 aliphatic carbocycles. The van der Waals surface area contributed by atoms with Gasteiger partial charge in [-0.1, -0.05) is 5.21 Å². The van der Waals surface area contributed by atoms with Gasteiger partial charge in [0.25, 0.3) is 0 Å². The molecule has 0 fully saturated rings. The van der Waals surface area contributed by atoms with Gasteiger partial charge in [0.2, 0.25) is 5.91 Å².